The second-order valence-corrected chi connectivity index (χ2v) is 9.41. The van der Waals surface area contributed by atoms with Crippen LogP contribution >= 0.6 is 22.9 Å². The van der Waals surface area contributed by atoms with Crippen LogP contribution in [0, 0.1) is 0 Å². The Kier molecular flexibility index (Phi) is 7.08. The molecule has 1 saturated heterocycles. The second-order valence-electron chi connectivity index (χ2n) is 8.28. The molecule has 0 bridgehead atoms. The zero-order chi connectivity index (χ0) is 24.2. The number of hydrogen-bond donors (Lipinski definition) is 0. The Morgan fingerprint density at radius 3 is 2.63 bits per heavy atom. The first-order valence-corrected chi connectivity index (χ1v) is 12.7. The molecule has 0 radical (unpaired) electrons. The van der Waals surface area contributed by atoms with Crippen molar-refractivity contribution >= 4 is 51.7 Å². The minimum Gasteiger partial charge on any atom is -0.459 e. The third-order valence-corrected chi connectivity index (χ3v) is 6.78. The van der Waals surface area contributed by atoms with Crippen molar-refractivity contribution in [2.75, 3.05) is 26.3 Å². The van der Waals surface area contributed by atoms with Gasteiger partial charge in [0.2, 0.25) is 0 Å². The summed E-state index contributed by atoms with van der Waals surface area (Å²) in [6.07, 6.45) is 4.10. The van der Waals surface area contributed by atoms with Crippen LogP contribution in [0.25, 0.3) is 28.2 Å². The molecule has 1 fully saturated rings. The molecule has 2 aromatic carbocycles. The fraction of sp³-hybridized carbons (Fsp3) is 0.222. The molecule has 3 heterocycles. The number of aryl methyl sites for hydroxylation is 1. The summed E-state index contributed by atoms with van der Waals surface area (Å²) in [5.41, 5.74) is 5.66. The SMILES string of the molecule is O=C(/C=C/c1cscn1)CCc1cc2cc(-c3ccc(C(=O)N4CCOCC4)cc3)cc(Cl)c2o1. The number of fused-ring (bicyclic) bond motifs is 1. The van der Waals surface area contributed by atoms with E-state index < -0.39 is 0 Å². The first-order valence-electron chi connectivity index (χ1n) is 11.4. The van der Waals surface area contributed by atoms with Crippen molar-refractivity contribution < 1.29 is 18.7 Å². The van der Waals surface area contributed by atoms with E-state index in [4.69, 9.17) is 20.8 Å². The smallest absolute Gasteiger partial charge is 0.254 e. The number of nitrogens with zero attached hydrogens (tertiary/aromatic N) is 2. The molecule has 0 aliphatic carbocycles. The average molecular weight is 507 g/mol. The molecule has 2 aromatic heterocycles. The summed E-state index contributed by atoms with van der Waals surface area (Å²) < 4.78 is 11.3. The monoisotopic (exact) mass is 506 g/mol. The highest BCUT2D eigenvalue weighted by molar-refractivity contribution is 7.07. The summed E-state index contributed by atoms with van der Waals surface area (Å²) in [6.45, 7) is 2.38. The van der Waals surface area contributed by atoms with Gasteiger partial charge in [0.05, 0.1) is 29.4 Å². The van der Waals surface area contributed by atoms with E-state index in [-0.39, 0.29) is 11.7 Å². The van der Waals surface area contributed by atoms with Gasteiger partial charge in [-0.3, -0.25) is 9.59 Å². The number of rotatable bonds is 7. The fourth-order valence-corrected chi connectivity index (χ4v) is 4.81. The Balaban J connectivity index is 1.28. The van der Waals surface area contributed by atoms with Crippen LogP contribution in [-0.2, 0) is 16.0 Å². The maximum absolute atomic E-state index is 12.7. The van der Waals surface area contributed by atoms with Crippen LogP contribution in [0.15, 0.2) is 63.8 Å². The molecule has 6 nitrogen and oxygen atoms in total. The fourth-order valence-electron chi connectivity index (χ4n) is 4.02. The summed E-state index contributed by atoms with van der Waals surface area (Å²) in [5, 5.41) is 3.27. The second kappa shape index (κ2) is 10.6. The van der Waals surface area contributed by atoms with Gasteiger partial charge < -0.3 is 14.1 Å². The third-order valence-electron chi connectivity index (χ3n) is 5.89. The molecule has 8 heteroatoms. The van der Waals surface area contributed by atoms with E-state index >= 15 is 0 Å². The average Bonchev–Trinajstić information content (AvgIpc) is 3.56. The Hall–Kier alpha value is -3.26. The molecular formula is C27H23ClN2O4S. The van der Waals surface area contributed by atoms with Gasteiger partial charge >= 0.3 is 0 Å². The van der Waals surface area contributed by atoms with Crippen LogP contribution in [0.4, 0.5) is 0 Å². The molecule has 0 spiro atoms. The van der Waals surface area contributed by atoms with Gasteiger partial charge in [-0.05, 0) is 53.6 Å². The van der Waals surface area contributed by atoms with Crippen molar-refractivity contribution in [1.82, 2.24) is 9.88 Å². The molecule has 0 atom stereocenters. The normalized spacial score (nSPS) is 14.1. The van der Waals surface area contributed by atoms with E-state index in [2.05, 4.69) is 4.98 Å². The number of halogens is 1. The Labute approximate surface area is 211 Å². The summed E-state index contributed by atoms with van der Waals surface area (Å²) >= 11 is 8.02. The highest BCUT2D eigenvalue weighted by Gasteiger charge is 2.18. The standard InChI is InChI=1S/C27H23ClN2O4S/c28-25-15-20(18-1-3-19(4-2-18)27(32)30-9-11-33-12-10-30)13-21-14-24(34-26(21)25)8-7-23(31)6-5-22-16-35-17-29-22/h1-6,13-17H,7-12H2/b6-5+. The number of furan rings is 1. The van der Waals surface area contributed by atoms with Crippen molar-refractivity contribution in [3.05, 3.63) is 81.5 Å². The summed E-state index contributed by atoms with van der Waals surface area (Å²) in [5.74, 6) is 0.738. The molecule has 178 valence electrons. The van der Waals surface area contributed by atoms with Crippen LogP contribution in [0.1, 0.15) is 28.2 Å². The topological polar surface area (TPSA) is 72.6 Å². The van der Waals surface area contributed by atoms with E-state index in [0.29, 0.717) is 61.1 Å². The van der Waals surface area contributed by atoms with E-state index in [9.17, 15) is 9.59 Å². The van der Waals surface area contributed by atoms with Crippen molar-refractivity contribution in [3.8, 4) is 11.1 Å². The zero-order valence-electron chi connectivity index (χ0n) is 18.9. The molecule has 0 N–H and O–H groups in total. The number of carbonyl (C=O) groups excluding carboxylic acids is 2. The minimum absolute atomic E-state index is 0.0111. The van der Waals surface area contributed by atoms with Crippen LogP contribution in [0.3, 0.4) is 0 Å². The predicted molar refractivity (Wildman–Crippen MR) is 138 cm³/mol. The molecule has 1 aliphatic heterocycles. The van der Waals surface area contributed by atoms with Gasteiger partial charge in [0.15, 0.2) is 11.4 Å². The Morgan fingerprint density at radius 2 is 1.89 bits per heavy atom. The van der Waals surface area contributed by atoms with Crippen molar-refractivity contribution in [1.29, 1.82) is 0 Å². The van der Waals surface area contributed by atoms with Gasteiger partial charge in [-0.1, -0.05) is 23.7 Å². The number of benzene rings is 2. The largest absolute Gasteiger partial charge is 0.459 e. The van der Waals surface area contributed by atoms with Crippen LogP contribution in [0.2, 0.25) is 5.02 Å². The number of hydrogen-bond acceptors (Lipinski definition) is 6. The number of amides is 1. The number of ether oxygens (including phenoxy) is 1. The lowest BCUT2D eigenvalue weighted by atomic mass is 10.0. The number of morpholine rings is 1. The molecule has 4 aromatic rings. The lowest BCUT2D eigenvalue weighted by Gasteiger charge is -2.26. The van der Waals surface area contributed by atoms with Crippen LogP contribution in [-0.4, -0.2) is 47.9 Å². The Morgan fingerprint density at radius 1 is 1.09 bits per heavy atom. The molecule has 5 rings (SSSR count). The first kappa shape index (κ1) is 23.5. The van der Waals surface area contributed by atoms with Crippen LogP contribution < -0.4 is 0 Å². The van der Waals surface area contributed by atoms with Crippen LogP contribution in [0.5, 0.6) is 0 Å². The summed E-state index contributed by atoms with van der Waals surface area (Å²) in [6, 6.07) is 13.3. The number of aromatic nitrogens is 1. The Bertz CT molecular complexity index is 1370. The van der Waals surface area contributed by atoms with E-state index in [0.717, 1.165) is 22.2 Å². The van der Waals surface area contributed by atoms with E-state index in [1.807, 2.05) is 52.7 Å². The maximum Gasteiger partial charge on any atom is 0.254 e. The number of carbonyl (C=O) groups is 2. The van der Waals surface area contributed by atoms with Gasteiger partial charge in [0.25, 0.3) is 5.91 Å². The van der Waals surface area contributed by atoms with Gasteiger partial charge in [-0.2, -0.15) is 0 Å². The number of allylic oxidation sites excluding steroid dienone is 1. The zero-order valence-corrected chi connectivity index (χ0v) is 20.5. The van der Waals surface area contributed by atoms with Gasteiger partial charge in [0, 0.05) is 42.3 Å². The van der Waals surface area contributed by atoms with Crippen molar-refractivity contribution in [2.45, 2.75) is 12.8 Å². The molecule has 35 heavy (non-hydrogen) atoms. The summed E-state index contributed by atoms with van der Waals surface area (Å²) in [4.78, 5) is 30.8. The van der Waals surface area contributed by atoms with Gasteiger partial charge in [-0.15, -0.1) is 11.3 Å². The maximum atomic E-state index is 12.7. The quantitative estimate of drug-likeness (QED) is 0.292. The van der Waals surface area contributed by atoms with E-state index in [1.165, 1.54) is 11.3 Å². The lowest BCUT2D eigenvalue weighted by Crippen LogP contribution is -2.40. The third kappa shape index (κ3) is 5.53. The van der Waals surface area contributed by atoms with Gasteiger partial charge in [-0.25, -0.2) is 4.98 Å². The van der Waals surface area contributed by atoms with Crippen molar-refractivity contribution in [2.24, 2.45) is 0 Å². The molecule has 1 aliphatic rings. The first-order chi connectivity index (χ1) is 17.1. The van der Waals surface area contributed by atoms with E-state index in [1.54, 1.807) is 17.7 Å². The minimum atomic E-state index is 0.0111. The number of ketones is 1. The van der Waals surface area contributed by atoms with Crippen molar-refractivity contribution in [3.63, 3.8) is 0 Å². The van der Waals surface area contributed by atoms with Gasteiger partial charge in [0.1, 0.15) is 5.76 Å². The number of thiazole rings is 1. The molecular weight excluding hydrogens is 484 g/mol. The highest BCUT2D eigenvalue weighted by atomic mass is 35.5. The molecule has 0 unspecified atom stereocenters. The lowest BCUT2D eigenvalue weighted by molar-refractivity contribution is -0.114. The summed E-state index contributed by atoms with van der Waals surface area (Å²) in [7, 11) is 0. The predicted octanol–water partition coefficient (Wildman–Crippen LogP) is 5.90. The molecule has 1 amide bonds. The highest BCUT2D eigenvalue weighted by Crippen LogP contribution is 2.33. The molecule has 0 saturated carbocycles.